The molecule has 0 spiro atoms. The van der Waals surface area contributed by atoms with Crippen molar-refractivity contribution in [1.29, 1.82) is 0 Å². The fourth-order valence-corrected chi connectivity index (χ4v) is 3.74. The molecule has 4 rings (SSSR count). The monoisotopic (exact) mass is 460 g/mol. The van der Waals surface area contributed by atoms with Crippen LogP contribution in [0.1, 0.15) is 32.4 Å². The molecule has 168 valence electrons. The number of hydrogen-bond donors (Lipinski definition) is 2. The van der Waals surface area contributed by atoms with Crippen LogP contribution in [0.3, 0.4) is 0 Å². The van der Waals surface area contributed by atoms with E-state index in [1.165, 1.54) is 17.2 Å². The van der Waals surface area contributed by atoms with E-state index in [1.807, 2.05) is 13.8 Å². The molecule has 1 aromatic carbocycles. The van der Waals surface area contributed by atoms with E-state index in [1.54, 1.807) is 25.1 Å². The molecule has 1 fully saturated rings. The van der Waals surface area contributed by atoms with Crippen LogP contribution >= 0.6 is 11.6 Å². The Morgan fingerprint density at radius 3 is 2.75 bits per heavy atom. The summed E-state index contributed by atoms with van der Waals surface area (Å²) >= 11 is 6.33. The Hall–Kier alpha value is -3.33. The highest BCUT2D eigenvalue weighted by molar-refractivity contribution is 6.32. The SMILES string of the molecule is CC(C)Oc1cc2[nH]c(=O)c([C@H](C)Nc3nccc(N4CCOC4=O)c3F)cc2cc1Cl. The number of carbonyl (C=O) groups excluding carboxylic acids is 1. The van der Waals surface area contributed by atoms with Crippen LogP contribution in [-0.2, 0) is 4.74 Å². The molecule has 2 N–H and O–H groups in total. The zero-order valence-electron chi connectivity index (χ0n) is 17.7. The lowest BCUT2D eigenvalue weighted by Crippen LogP contribution is -2.25. The highest BCUT2D eigenvalue weighted by atomic mass is 35.5. The summed E-state index contributed by atoms with van der Waals surface area (Å²) in [5.41, 5.74) is 0.673. The number of pyridine rings is 2. The summed E-state index contributed by atoms with van der Waals surface area (Å²) in [6.07, 6.45) is 0.707. The molecule has 1 aliphatic rings. The van der Waals surface area contributed by atoms with Crippen LogP contribution in [0.25, 0.3) is 10.9 Å². The van der Waals surface area contributed by atoms with Gasteiger partial charge in [-0.15, -0.1) is 0 Å². The first-order valence-corrected chi connectivity index (χ1v) is 10.5. The largest absolute Gasteiger partial charge is 0.489 e. The Labute approximate surface area is 188 Å². The molecule has 3 heterocycles. The lowest BCUT2D eigenvalue weighted by molar-refractivity contribution is 0.181. The number of aromatic amines is 1. The Bertz CT molecular complexity index is 1250. The minimum absolute atomic E-state index is 0.0640. The maximum Gasteiger partial charge on any atom is 0.414 e. The number of anilines is 2. The Morgan fingerprint density at radius 2 is 2.06 bits per heavy atom. The number of halogens is 2. The highest BCUT2D eigenvalue weighted by Gasteiger charge is 2.28. The normalized spacial score (nSPS) is 14.7. The molecule has 1 saturated heterocycles. The van der Waals surface area contributed by atoms with Gasteiger partial charge in [-0.2, -0.15) is 0 Å². The number of rotatable bonds is 6. The maximum atomic E-state index is 15.0. The third-order valence-electron chi connectivity index (χ3n) is 5.03. The number of cyclic esters (lactones) is 1. The first-order chi connectivity index (χ1) is 15.2. The molecule has 1 amide bonds. The number of fused-ring (bicyclic) bond motifs is 1. The molecular formula is C22H22ClFN4O4. The molecule has 0 radical (unpaired) electrons. The number of nitrogens with one attached hydrogen (secondary N) is 2. The molecule has 0 saturated carbocycles. The smallest absolute Gasteiger partial charge is 0.414 e. The molecule has 1 atom stereocenters. The maximum absolute atomic E-state index is 15.0. The predicted molar refractivity (Wildman–Crippen MR) is 120 cm³/mol. The number of H-pyrrole nitrogens is 1. The van der Waals surface area contributed by atoms with Crippen molar-refractivity contribution in [3.05, 3.63) is 57.2 Å². The Kier molecular flexibility index (Phi) is 5.92. The summed E-state index contributed by atoms with van der Waals surface area (Å²) < 4.78 is 25.6. The summed E-state index contributed by atoms with van der Waals surface area (Å²) in [5.74, 6) is -0.297. The zero-order chi connectivity index (χ0) is 23.0. The van der Waals surface area contributed by atoms with Crippen molar-refractivity contribution >= 4 is 40.1 Å². The van der Waals surface area contributed by atoms with E-state index in [-0.39, 0.29) is 36.3 Å². The molecule has 3 aromatic rings. The third-order valence-corrected chi connectivity index (χ3v) is 5.32. The van der Waals surface area contributed by atoms with Gasteiger partial charge in [-0.25, -0.2) is 14.2 Å². The predicted octanol–water partition coefficient (Wildman–Crippen LogP) is 4.63. The Balaban J connectivity index is 1.64. The van der Waals surface area contributed by atoms with Gasteiger partial charge in [0, 0.05) is 23.2 Å². The molecule has 10 heteroatoms. The number of ether oxygens (including phenoxy) is 2. The van der Waals surface area contributed by atoms with Crippen molar-refractivity contribution < 1.29 is 18.7 Å². The van der Waals surface area contributed by atoms with Gasteiger partial charge in [0.15, 0.2) is 11.6 Å². The summed E-state index contributed by atoms with van der Waals surface area (Å²) in [6, 6.07) is 5.90. The lowest BCUT2D eigenvalue weighted by Gasteiger charge is -2.19. The summed E-state index contributed by atoms with van der Waals surface area (Å²) in [7, 11) is 0. The van der Waals surface area contributed by atoms with E-state index >= 15 is 4.39 Å². The van der Waals surface area contributed by atoms with Gasteiger partial charge in [0.1, 0.15) is 12.4 Å². The summed E-state index contributed by atoms with van der Waals surface area (Å²) in [6.45, 7) is 5.93. The number of carbonyl (C=O) groups is 1. The second-order valence-electron chi connectivity index (χ2n) is 7.71. The van der Waals surface area contributed by atoms with Crippen molar-refractivity contribution in [3.63, 3.8) is 0 Å². The minimum Gasteiger partial charge on any atom is -0.489 e. The molecule has 0 aliphatic carbocycles. The van der Waals surface area contributed by atoms with Crippen molar-refractivity contribution in [3.8, 4) is 5.75 Å². The average Bonchev–Trinajstić information content (AvgIpc) is 3.15. The van der Waals surface area contributed by atoms with Crippen molar-refractivity contribution in [1.82, 2.24) is 9.97 Å². The second kappa shape index (κ2) is 8.66. The van der Waals surface area contributed by atoms with Crippen LogP contribution in [0.5, 0.6) is 5.75 Å². The van der Waals surface area contributed by atoms with Crippen LogP contribution in [0.2, 0.25) is 5.02 Å². The molecule has 8 nitrogen and oxygen atoms in total. The summed E-state index contributed by atoms with van der Waals surface area (Å²) in [4.78, 5) is 32.6. The lowest BCUT2D eigenvalue weighted by atomic mass is 10.1. The third kappa shape index (κ3) is 4.20. The quantitative estimate of drug-likeness (QED) is 0.556. The van der Waals surface area contributed by atoms with Gasteiger partial charge < -0.3 is 19.8 Å². The van der Waals surface area contributed by atoms with Gasteiger partial charge in [0.05, 0.1) is 34.9 Å². The standard InChI is InChI=1S/C22H22ClFN4O4/c1-11(2)32-18-10-16-13(9-15(18)23)8-14(21(29)27-16)12(3)26-20-19(24)17(4-5-25-20)28-6-7-31-22(28)30/h4-5,8-12H,6-7H2,1-3H3,(H,25,26)(H,27,29)/t12-/m0/s1. The van der Waals surface area contributed by atoms with Gasteiger partial charge in [-0.1, -0.05) is 11.6 Å². The van der Waals surface area contributed by atoms with Gasteiger partial charge in [0.25, 0.3) is 5.56 Å². The van der Waals surface area contributed by atoms with Crippen LogP contribution < -0.4 is 20.5 Å². The number of hydrogen-bond acceptors (Lipinski definition) is 6. The van der Waals surface area contributed by atoms with E-state index in [4.69, 9.17) is 21.1 Å². The second-order valence-corrected chi connectivity index (χ2v) is 8.12. The topological polar surface area (TPSA) is 96.6 Å². The molecule has 0 unspecified atom stereocenters. The molecule has 0 bridgehead atoms. The van der Waals surface area contributed by atoms with Crippen LogP contribution in [0.4, 0.5) is 20.7 Å². The molecule has 32 heavy (non-hydrogen) atoms. The van der Waals surface area contributed by atoms with Gasteiger partial charge in [0.2, 0.25) is 0 Å². The van der Waals surface area contributed by atoms with Crippen LogP contribution in [0.15, 0.2) is 35.3 Å². The first-order valence-electron chi connectivity index (χ1n) is 10.1. The van der Waals surface area contributed by atoms with Gasteiger partial charge >= 0.3 is 6.09 Å². The van der Waals surface area contributed by atoms with E-state index in [2.05, 4.69) is 15.3 Å². The fourth-order valence-electron chi connectivity index (χ4n) is 3.53. The minimum atomic E-state index is -0.700. The van der Waals surface area contributed by atoms with E-state index in [0.29, 0.717) is 27.2 Å². The average molecular weight is 461 g/mol. The van der Waals surface area contributed by atoms with Crippen LogP contribution in [-0.4, -0.2) is 35.3 Å². The Morgan fingerprint density at radius 1 is 1.28 bits per heavy atom. The fraction of sp³-hybridized carbons (Fsp3) is 0.318. The zero-order valence-corrected chi connectivity index (χ0v) is 18.5. The van der Waals surface area contributed by atoms with Crippen molar-refractivity contribution in [2.45, 2.75) is 32.9 Å². The van der Waals surface area contributed by atoms with E-state index in [9.17, 15) is 9.59 Å². The molecule has 1 aliphatic heterocycles. The van der Waals surface area contributed by atoms with Crippen molar-refractivity contribution in [2.24, 2.45) is 0 Å². The highest BCUT2D eigenvalue weighted by Crippen LogP contribution is 2.31. The van der Waals surface area contributed by atoms with Gasteiger partial charge in [-0.3, -0.25) is 9.69 Å². The number of benzene rings is 1. The summed E-state index contributed by atoms with van der Waals surface area (Å²) in [5, 5.41) is 4.04. The molecule has 2 aromatic heterocycles. The van der Waals surface area contributed by atoms with E-state index < -0.39 is 18.0 Å². The first kappa shape index (κ1) is 21.9. The number of aromatic nitrogens is 2. The molecular weight excluding hydrogens is 439 g/mol. The van der Waals surface area contributed by atoms with E-state index in [0.717, 1.165) is 0 Å². The number of nitrogens with zero attached hydrogens (tertiary/aromatic N) is 2. The van der Waals surface area contributed by atoms with Gasteiger partial charge in [-0.05, 0) is 39.0 Å². The van der Waals surface area contributed by atoms with Crippen LogP contribution in [0, 0.1) is 5.82 Å². The number of amides is 1. The van der Waals surface area contributed by atoms with Crippen molar-refractivity contribution in [2.75, 3.05) is 23.4 Å².